The quantitative estimate of drug-likeness (QED) is 0.177. The molecule has 0 N–H and O–H groups in total. The number of aromatic nitrogens is 5. The first-order chi connectivity index (χ1) is 27.6. The molecule has 5 heteroatoms. The fourth-order valence-electron chi connectivity index (χ4n) is 8.72. The lowest BCUT2D eigenvalue weighted by Gasteiger charge is -2.19. The smallest absolute Gasteiger partial charge is 0.165 e. The molecule has 0 aliphatic rings. The number of nitrogens with zero attached hydrogens (tertiary/aromatic N) is 5. The Labute approximate surface area is 332 Å². The highest BCUT2D eigenvalue weighted by molar-refractivity contribution is 6.11. The van der Waals surface area contributed by atoms with Crippen LogP contribution < -0.4 is 0 Å². The van der Waals surface area contributed by atoms with Gasteiger partial charge in [0.2, 0.25) is 0 Å². The molecule has 0 spiro atoms. The molecule has 0 fully saturated rings. The van der Waals surface area contributed by atoms with Crippen molar-refractivity contribution in [2.24, 2.45) is 0 Å². The van der Waals surface area contributed by atoms with Crippen LogP contribution in [0.15, 0.2) is 133 Å². The van der Waals surface area contributed by atoms with E-state index in [0.29, 0.717) is 17.5 Å². The van der Waals surface area contributed by atoms with Gasteiger partial charge in [-0.2, -0.15) is 0 Å². The summed E-state index contributed by atoms with van der Waals surface area (Å²) in [6.45, 7) is 14.7. The average Bonchev–Trinajstić information content (AvgIpc) is 3.68. The second-order valence-corrected chi connectivity index (χ2v) is 15.8. The van der Waals surface area contributed by atoms with E-state index in [1.165, 1.54) is 71.5 Å². The first-order valence-electron chi connectivity index (χ1n) is 19.7. The Balaban J connectivity index is 1.29. The van der Waals surface area contributed by atoms with E-state index in [1.807, 2.05) is 13.8 Å². The van der Waals surface area contributed by atoms with E-state index in [9.17, 15) is 0 Å². The third kappa shape index (κ3) is 5.81. The molecule has 7 aromatic carbocycles. The lowest BCUT2D eigenvalue weighted by molar-refractivity contribution is 0.927. The van der Waals surface area contributed by atoms with E-state index in [-0.39, 0.29) is 0 Å². The van der Waals surface area contributed by atoms with Crippen LogP contribution in [-0.2, 0) is 0 Å². The average molecular weight is 738 g/mol. The van der Waals surface area contributed by atoms with Gasteiger partial charge in [0.15, 0.2) is 5.82 Å². The van der Waals surface area contributed by atoms with Crippen LogP contribution in [0.2, 0.25) is 0 Å². The lowest BCUT2D eigenvalue weighted by Crippen LogP contribution is -2.04. The summed E-state index contributed by atoms with van der Waals surface area (Å²) in [5.74, 6) is 2.05. The summed E-state index contributed by atoms with van der Waals surface area (Å²) in [6.07, 6.45) is 0. The minimum absolute atomic E-state index is 0.659. The van der Waals surface area contributed by atoms with Gasteiger partial charge >= 0.3 is 0 Å². The van der Waals surface area contributed by atoms with Crippen LogP contribution >= 0.6 is 0 Å². The summed E-state index contributed by atoms with van der Waals surface area (Å²) in [5.41, 5.74) is 18.5. The van der Waals surface area contributed by atoms with Crippen molar-refractivity contribution < 1.29 is 0 Å². The van der Waals surface area contributed by atoms with Crippen molar-refractivity contribution in [2.75, 3.05) is 0 Å². The molecule has 3 heterocycles. The number of benzene rings is 7. The van der Waals surface area contributed by atoms with E-state index in [0.717, 1.165) is 39.1 Å². The minimum atomic E-state index is 0.659. The Morgan fingerprint density at radius 1 is 0.316 bits per heavy atom. The zero-order chi connectivity index (χ0) is 39.1. The number of hydrogen-bond acceptors (Lipinski definition) is 3. The van der Waals surface area contributed by atoms with Gasteiger partial charge in [-0.25, -0.2) is 15.0 Å². The van der Waals surface area contributed by atoms with Gasteiger partial charge in [0.1, 0.15) is 11.6 Å². The van der Waals surface area contributed by atoms with Crippen LogP contribution in [0.3, 0.4) is 0 Å². The number of rotatable bonds is 5. The maximum Gasteiger partial charge on any atom is 0.165 e. The minimum Gasteiger partial charge on any atom is -0.309 e. The molecule has 5 nitrogen and oxygen atoms in total. The molecule has 276 valence electrons. The highest BCUT2D eigenvalue weighted by Crippen LogP contribution is 2.42. The van der Waals surface area contributed by atoms with Gasteiger partial charge in [-0.3, -0.25) is 0 Å². The maximum atomic E-state index is 4.99. The maximum absolute atomic E-state index is 4.99. The largest absolute Gasteiger partial charge is 0.309 e. The molecule has 57 heavy (non-hydrogen) atoms. The van der Waals surface area contributed by atoms with Gasteiger partial charge in [0, 0.05) is 32.7 Å². The Morgan fingerprint density at radius 2 is 0.737 bits per heavy atom. The van der Waals surface area contributed by atoms with E-state index in [1.54, 1.807) is 0 Å². The summed E-state index contributed by atoms with van der Waals surface area (Å²) >= 11 is 0. The van der Waals surface area contributed by atoms with E-state index in [2.05, 4.69) is 182 Å². The molecule has 0 radical (unpaired) electrons. The molecule has 0 atom stereocenters. The summed E-state index contributed by atoms with van der Waals surface area (Å²) in [4.78, 5) is 14.6. The van der Waals surface area contributed by atoms with Crippen LogP contribution in [-0.4, -0.2) is 24.1 Å². The molecule has 10 aromatic rings. The van der Waals surface area contributed by atoms with Crippen molar-refractivity contribution >= 4 is 43.6 Å². The van der Waals surface area contributed by atoms with Crippen LogP contribution in [0.4, 0.5) is 0 Å². The van der Waals surface area contributed by atoms with Crippen LogP contribution in [0, 0.1) is 48.5 Å². The van der Waals surface area contributed by atoms with Crippen molar-refractivity contribution in [2.45, 2.75) is 48.5 Å². The second-order valence-electron chi connectivity index (χ2n) is 15.8. The molecular formula is C52H43N5. The lowest BCUT2D eigenvalue weighted by atomic mass is 9.95. The van der Waals surface area contributed by atoms with Crippen molar-refractivity contribution in [1.29, 1.82) is 0 Å². The molecule has 0 saturated carbocycles. The van der Waals surface area contributed by atoms with Gasteiger partial charge in [-0.15, -0.1) is 0 Å². The third-order valence-electron chi connectivity index (χ3n) is 11.4. The highest BCUT2D eigenvalue weighted by Gasteiger charge is 2.22. The molecule has 0 saturated heterocycles. The summed E-state index contributed by atoms with van der Waals surface area (Å²) in [7, 11) is 0. The van der Waals surface area contributed by atoms with Gasteiger partial charge in [0.05, 0.1) is 33.4 Å². The molecule has 0 bridgehead atoms. The highest BCUT2D eigenvalue weighted by atomic mass is 15.0. The molecule has 3 aromatic heterocycles. The fraction of sp³-hybridized carbons (Fsp3) is 0.135. The molecular weight excluding hydrogens is 695 g/mol. The van der Waals surface area contributed by atoms with Crippen LogP contribution in [0.1, 0.15) is 39.5 Å². The normalized spacial score (nSPS) is 11.8. The summed E-state index contributed by atoms with van der Waals surface area (Å²) < 4.78 is 4.84. The number of fused-ring (bicyclic) bond motifs is 6. The van der Waals surface area contributed by atoms with Crippen molar-refractivity contribution in [3.8, 4) is 45.0 Å². The Bertz CT molecular complexity index is 3110. The Kier molecular flexibility index (Phi) is 7.98. The summed E-state index contributed by atoms with van der Waals surface area (Å²) in [6, 6.07) is 49.7. The fourth-order valence-corrected chi connectivity index (χ4v) is 8.72. The summed E-state index contributed by atoms with van der Waals surface area (Å²) in [5, 5.41) is 4.98. The van der Waals surface area contributed by atoms with E-state index >= 15 is 0 Å². The molecule has 0 aliphatic heterocycles. The van der Waals surface area contributed by atoms with E-state index < -0.39 is 0 Å². The van der Waals surface area contributed by atoms with Crippen molar-refractivity contribution in [3.63, 3.8) is 0 Å². The van der Waals surface area contributed by atoms with Crippen molar-refractivity contribution in [1.82, 2.24) is 24.1 Å². The predicted molar refractivity (Wildman–Crippen MR) is 238 cm³/mol. The Morgan fingerprint density at radius 3 is 1.23 bits per heavy atom. The van der Waals surface area contributed by atoms with Crippen LogP contribution in [0.5, 0.6) is 0 Å². The standard InChI is InChI=1S/C52H43N5/c1-30-8-14-37(15-9-30)38-16-18-40(51(29-38)57-48-21-12-33(4)26-43(48)44-27-34(5)13-22-49(44)57)39-17-23-50(45(28-39)52-54-35(6)53-36(7)55-52)56-46-19-10-31(2)24-41(46)42-25-32(3)11-20-47(42)56/h8-29H,1-7H3. The first-order valence-corrected chi connectivity index (χ1v) is 19.7. The predicted octanol–water partition coefficient (Wildman–Crippen LogP) is 13.2. The molecule has 0 unspecified atom stereocenters. The number of aryl methyl sites for hydroxylation is 7. The zero-order valence-corrected chi connectivity index (χ0v) is 33.4. The SMILES string of the molecule is Cc1ccc(-c2ccc(-c3ccc(-n4c5ccc(C)cc5c5cc(C)ccc54)c(-c4nc(C)nc(C)n4)c3)c(-n3c4ccc(C)cc4c4cc(C)ccc43)c2)cc1. The molecule has 10 rings (SSSR count). The monoisotopic (exact) mass is 737 g/mol. The van der Waals surface area contributed by atoms with Gasteiger partial charge in [0.25, 0.3) is 0 Å². The molecule has 0 amide bonds. The van der Waals surface area contributed by atoms with E-state index in [4.69, 9.17) is 9.97 Å². The van der Waals surface area contributed by atoms with Gasteiger partial charge < -0.3 is 9.13 Å². The molecule has 0 aliphatic carbocycles. The third-order valence-corrected chi connectivity index (χ3v) is 11.4. The van der Waals surface area contributed by atoms with Crippen molar-refractivity contribution in [3.05, 3.63) is 173 Å². The zero-order valence-electron chi connectivity index (χ0n) is 33.4. The van der Waals surface area contributed by atoms with Gasteiger partial charge in [-0.1, -0.05) is 94.5 Å². The second kappa shape index (κ2) is 13.1. The van der Waals surface area contributed by atoms with Gasteiger partial charge in [-0.05, 0) is 132 Å². The first kappa shape index (κ1) is 34.6. The van der Waals surface area contributed by atoms with Crippen LogP contribution in [0.25, 0.3) is 88.6 Å². The topological polar surface area (TPSA) is 48.5 Å². The number of hydrogen-bond donors (Lipinski definition) is 0. The Hall–Kier alpha value is -6.85.